The van der Waals surface area contributed by atoms with Crippen LogP contribution in [0.4, 0.5) is 0 Å². The summed E-state index contributed by atoms with van der Waals surface area (Å²) >= 11 is 0. The van der Waals surface area contributed by atoms with Crippen LogP contribution in [0, 0.1) is 13.8 Å². The molecule has 1 heterocycles. The van der Waals surface area contributed by atoms with Crippen LogP contribution in [0.3, 0.4) is 0 Å². The van der Waals surface area contributed by atoms with Crippen molar-refractivity contribution < 1.29 is 5.11 Å². The lowest BCUT2D eigenvalue weighted by Crippen LogP contribution is -2.34. The molecule has 4 nitrogen and oxygen atoms in total. The van der Waals surface area contributed by atoms with E-state index in [1.807, 2.05) is 6.07 Å². The number of aromatic nitrogens is 2. The molecule has 3 rings (SSSR count). The third-order valence-electron chi connectivity index (χ3n) is 4.97. The van der Waals surface area contributed by atoms with E-state index in [4.69, 9.17) is 5.10 Å². The van der Waals surface area contributed by atoms with Gasteiger partial charge in [0.2, 0.25) is 0 Å². The summed E-state index contributed by atoms with van der Waals surface area (Å²) in [5.41, 5.74) is 4.95. The zero-order valence-corrected chi connectivity index (χ0v) is 14.1. The Bertz CT molecular complexity index is 628. The predicted molar refractivity (Wildman–Crippen MR) is 92.3 cm³/mol. The molecule has 0 aliphatic heterocycles. The van der Waals surface area contributed by atoms with Crippen LogP contribution in [0.25, 0.3) is 0 Å². The Morgan fingerprint density at radius 2 is 1.83 bits per heavy atom. The van der Waals surface area contributed by atoms with Gasteiger partial charge >= 0.3 is 0 Å². The SMILES string of the molecule is Cc1nn(Cc2ccccc2)c(C)c1CNC1CCC(O)CC1. The van der Waals surface area contributed by atoms with Gasteiger partial charge in [-0.05, 0) is 45.1 Å². The number of rotatable bonds is 5. The Balaban J connectivity index is 1.64. The van der Waals surface area contributed by atoms with Gasteiger partial charge in [-0.3, -0.25) is 4.68 Å². The van der Waals surface area contributed by atoms with Gasteiger partial charge in [0, 0.05) is 23.8 Å². The normalized spacial score (nSPS) is 21.5. The number of hydrogen-bond acceptors (Lipinski definition) is 3. The number of aryl methyl sites for hydroxylation is 1. The molecule has 4 heteroatoms. The molecule has 0 bridgehead atoms. The maximum absolute atomic E-state index is 9.60. The lowest BCUT2D eigenvalue weighted by atomic mass is 9.93. The third kappa shape index (κ3) is 4.01. The number of nitrogens with one attached hydrogen (secondary N) is 1. The summed E-state index contributed by atoms with van der Waals surface area (Å²) in [6.45, 7) is 5.94. The van der Waals surface area contributed by atoms with Gasteiger partial charge in [0.25, 0.3) is 0 Å². The van der Waals surface area contributed by atoms with E-state index in [1.54, 1.807) is 0 Å². The van der Waals surface area contributed by atoms with Crippen LogP contribution in [0.5, 0.6) is 0 Å². The van der Waals surface area contributed by atoms with Crippen molar-refractivity contribution in [2.75, 3.05) is 0 Å². The quantitative estimate of drug-likeness (QED) is 0.892. The number of aliphatic hydroxyl groups is 1. The molecular weight excluding hydrogens is 286 g/mol. The minimum Gasteiger partial charge on any atom is -0.393 e. The lowest BCUT2D eigenvalue weighted by molar-refractivity contribution is 0.116. The Morgan fingerprint density at radius 1 is 1.13 bits per heavy atom. The zero-order chi connectivity index (χ0) is 16.2. The van der Waals surface area contributed by atoms with Gasteiger partial charge in [-0.1, -0.05) is 30.3 Å². The van der Waals surface area contributed by atoms with Crippen LogP contribution in [0.2, 0.25) is 0 Å². The van der Waals surface area contributed by atoms with E-state index in [-0.39, 0.29) is 6.10 Å². The fraction of sp³-hybridized carbons (Fsp3) is 0.526. The first-order valence-corrected chi connectivity index (χ1v) is 8.61. The van der Waals surface area contributed by atoms with Crippen LogP contribution in [0.1, 0.15) is 48.2 Å². The van der Waals surface area contributed by atoms with E-state index in [1.165, 1.54) is 16.8 Å². The molecule has 124 valence electrons. The monoisotopic (exact) mass is 313 g/mol. The maximum atomic E-state index is 9.60. The number of benzene rings is 1. The molecule has 0 saturated heterocycles. The van der Waals surface area contributed by atoms with Crippen molar-refractivity contribution in [2.45, 2.75) is 64.8 Å². The number of hydrogen-bond donors (Lipinski definition) is 2. The first-order valence-electron chi connectivity index (χ1n) is 8.61. The van der Waals surface area contributed by atoms with Gasteiger partial charge in [0.05, 0.1) is 18.3 Å². The average molecular weight is 313 g/mol. The average Bonchev–Trinajstić information content (AvgIpc) is 2.82. The summed E-state index contributed by atoms with van der Waals surface area (Å²) in [6, 6.07) is 11.0. The highest BCUT2D eigenvalue weighted by Gasteiger charge is 2.20. The summed E-state index contributed by atoms with van der Waals surface area (Å²) < 4.78 is 2.10. The fourth-order valence-electron chi connectivity index (χ4n) is 3.43. The predicted octanol–water partition coefficient (Wildman–Crippen LogP) is 2.94. The molecule has 1 aliphatic carbocycles. The van der Waals surface area contributed by atoms with Crippen LogP contribution in [-0.2, 0) is 13.1 Å². The van der Waals surface area contributed by atoms with Crippen LogP contribution >= 0.6 is 0 Å². The van der Waals surface area contributed by atoms with E-state index in [2.05, 4.69) is 48.1 Å². The summed E-state index contributed by atoms with van der Waals surface area (Å²) in [4.78, 5) is 0. The molecule has 1 fully saturated rings. The summed E-state index contributed by atoms with van der Waals surface area (Å²) in [5, 5.41) is 18.0. The van der Waals surface area contributed by atoms with Crippen molar-refractivity contribution >= 4 is 0 Å². The standard InChI is InChI=1S/C19H27N3O/c1-14-19(12-20-17-8-10-18(23)11-9-17)15(2)22(21-14)13-16-6-4-3-5-7-16/h3-7,17-18,20,23H,8-13H2,1-2H3. The Hall–Kier alpha value is -1.65. The van der Waals surface area contributed by atoms with Gasteiger partial charge < -0.3 is 10.4 Å². The fourth-order valence-corrected chi connectivity index (χ4v) is 3.43. The second-order valence-electron chi connectivity index (χ2n) is 6.68. The Kier molecular flexibility index (Phi) is 5.13. The van der Waals surface area contributed by atoms with Crippen LogP contribution < -0.4 is 5.32 Å². The zero-order valence-electron chi connectivity index (χ0n) is 14.1. The van der Waals surface area contributed by atoms with E-state index in [9.17, 15) is 5.11 Å². The highest BCUT2D eigenvalue weighted by molar-refractivity contribution is 5.26. The molecule has 0 amide bonds. The van der Waals surface area contributed by atoms with Crippen molar-refractivity contribution in [1.29, 1.82) is 0 Å². The number of nitrogens with zero attached hydrogens (tertiary/aromatic N) is 2. The molecule has 1 saturated carbocycles. The van der Waals surface area contributed by atoms with Crippen molar-refractivity contribution in [3.8, 4) is 0 Å². The minimum atomic E-state index is -0.0925. The second-order valence-corrected chi connectivity index (χ2v) is 6.68. The van der Waals surface area contributed by atoms with Gasteiger partial charge in [-0.2, -0.15) is 5.10 Å². The topological polar surface area (TPSA) is 50.1 Å². The molecule has 2 N–H and O–H groups in total. The first kappa shape index (κ1) is 16.2. The Morgan fingerprint density at radius 3 is 2.52 bits per heavy atom. The van der Waals surface area contributed by atoms with Gasteiger partial charge in [0.15, 0.2) is 0 Å². The smallest absolute Gasteiger partial charge is 0.0662 e. The highest BCUT2D eigenvalue weighted by Crippen LogP contribution is 2.20. The first-order chi connectivity index (χ1) is 11.1. The van der Waals surface area contributed by atoms with Crippen molar-refractivity contribution in [1.82, 2.24) is 15.1 Å². The van der Waals surface area contributed by atoms with Crippen molar-refractivity contribution in [2.24, 2.45) is 0 Å². The van der Waals surface area contributed by atoms with Crippen molar-refractivity contribution in [3.05, 3.63) is 52.8 Å². The maximum Gasteiger partial charge on any atom is 0.0662 e. The highest BCUT2D eigenvalue weighted by atomic mass is 16.3. The molecule has 2 aromatic rings. The van der Waals surface area contributed by atoms with Crippen LogP contribution in [-0.4, -0.2) is 27.0 Å². The molecule has 0 unspecified atom stereocenters. The molecular formula is C19H27N3O. The lowest BCUT2D eigenvalue weighted by Gasteiger charge is -2.26. The van der Waals surface area contributed by atoms with E-state index < -0.39 is 0 Å². The molecule has 0 atom stereocenters. The van der Waals surface area contributed by atoms with Crippen LogP contribution in [0.15, 0.2) is 30.3 Å². The third-order valence-corrected chi connectivity index (χ3v) is 4.97. The van der Waals surface area contributed by atoms with E-state index >= 15 is 0 Å². The van der Waals surface area contributed by atoms with E-state index in [0.29, 0.717) is 6.04 Å². The van der Waals surface area contributed by atoms with Crippen molar-refractivity contribution in [3.63, 3.8) is 0 Å². The minimum absolute atomic E-state index is 0.0925. The molecule has 1 aromatic carbocycles. The number of aliphatic hydroxyl groups excluding tert-OH is 1. The van der Waals surface area contributed by atoms with Gasteiger partial charge in [-0.15, -0.1) is 0 Å². The van der Waals surface area contributed by atoms with E-state index in [0.717, 1.165) is 44.5 Å². The summed E-state index contributed by atoms with van der Waals surface area (Å²) in [7, 11) is 0. The molecule has 1 aromatic heterocycles. The van der Waals surface area contributed by atoms with Gasteiger partial charge in [-0.25, -0.2) is 0 Å². The second kappa shape index (κ2) is 7.28. The molecule has 0 spiro atoms. The molecule has 23 heavy (non-hydrogen) atoms. The summed E-state index contributed by atoms with van der Waals surface area (Å²) in [6.07, 6.45) is 3.88. The Labute approximate surface area is 138 Å². The summed E-state index contributed by atoms with van der Waals surface area (Å²) in [5.74, 6) is 0. The van der Waals surface area contributed by atoms with Gasteiger partial charge in [0.1, 0.15) is 0 Å². The molecule has 0 radical (unpaired) electrons. The largest absolute Gasteiger partial charge is 0.393 e. The molecule has 1 aliphatic rings.